The molecule has 4 nitrogen and oxygen atoms in total. The number of carbonyl (C=O) groups excluding carboxylic acids is 1. The Bertz CT molecular complexity index is 341. The van der Waals surface area contributed by atoms with Gasteiger partial charge in [0.15, 0.2) is 0 Å². The molecule has 0 bridgehead atoms. The maximum atomic E-state index is 12.5. The number of hydrogen-bond acceptors (Lipinski definition) is 4. The predicted octanol–water partition coefficient (Wildman–Crippen LogP) is 4.87. The van der Waals surface area contributed by atoms with Crippen molar-refractivity contribution in [1.29, 1.82) is 0 Å². The third-order valence-corrected chi connectivity index (χ3v) is 4.62. The second-order valence-electron chi connectivity index (χ2n) is 7.56. The van der Waals surface area contributed by atoms with Crippen molar-refractivity contribution in [3.8, 4) is 0 Å². The first-order chi connectivity index (χ1) is 10.3. The van der Waals surface area contributed by atoms with E-state index in [1.807, 2.05) is 0 Å². The summed E-state index contributed by atoms with van der Waals surface area (Å²) in [6.07, 6.45) is 6.34. The molecule has 0 amide bonds. The van der Waals surface area contributed by atoms with Gasteiger partial charge in [-0.05, 0) is 24.2 Å². The number of hydrogen-bond donors (Lipinski definition) is 0. The van der Waals surface area contributed by atoms with Crippen molar-refractivity contribution in [3.05, 3.63) is 0 Å². The van der Waals surface area contributed by atoms with Crippen LogP contribution in [0.1, 0.15) is 80.1 Å². The monoisotopic (exact) mass is 314 g/mol. The minimum Gasteiger partial charge on any atom is -0.461 e. The van der Waals surface area contributed by atoms with Crippen LogP contribution in [0.2, 0.25) is 0 Å². The lowest BCUT2D eigenvalue weighted by atomic mass is 9.73. The third-order valence-electron chi connectivity index (χ3n) is 4.62. The lowest BCUT2D eigenvalue weighted by Gasteiger charge is -2.31. The summed E-state index contributed by atoms with van der Waals surface area (Å²) in [7, 11) is 0. The van der Waals surface area contributed by atoms with Gasteiger partial charge in [0.25, 0.3) is 0 Å². The molecule has 0 N–H and O–H groups in total. The van der Waals surface area contributed by atoms with Gasteiger partial charge >= 0.3 is 11.8 Å². The lowest BCUT2D eigenvalue weighted by Crippen LogP contribution is -2.42. The largest absolute Gasteiger partial charge is 0.461 e. The summed E-state index contributed by atoms with van der Waals surface area (Å²) in [5, 5.41) is 0. The van der Waals surface area contributed by atoms with Crippen molar-refractivity contribution < 1.29 is 19.3 Å². The number of carbonyl (C=O) groups is 1. The van der Waals surface area contributed by atoms with Crippen molar-refractivity contribution in [1.82, 2.24) is 0 Å². The molecule has 0 aromatic carbocycles. The Kier molecular flexibility index (Phi) is 7.33. The molecule has 0 aromatic heterocycles. The highest BCUT2D eigenvalue weighted by Gasteiger charge is 2.66. The first-order valence-electron chi connectivity index (χ1n) is 8.85. The van der Waals surface area contributed by atoms with E-state index in [1.54, 1.807) is 0 Å². The Balaban J connectivity index is 2.62. The van der Waals surface area contributed by atoms with Gasteiger partial charge in [0.05, 0.1) is 6.61 Å². The van der Waals surface area contributed by atoms with E-state index in [0.29, 0.717) is 12.5 Å². The number of ether oxygens (including phenoxy) is 1. The van der Waals surface area contributed by atoms with Gasteiger partial charge in [-0.1, -0.05) is 67.2 Å². The van der Waals surface area contributed by atoms with Crippen LogP contribution in [0.25, 0.3) is 0 Å². The van der Waals surface area contributed by atoms with E-state index in [2.05, 4.69) is 41.5 Å². The second kappa shape index (κ2) is 8.30. The molecule has 0 radical (unpaired) electrons. The SMILES string of the molecule is CCCCC(CC)COC(=O)C1(C(CCC)C(C)(C)C)OO1. The zero-order valence-electron chi connectivity index (χ0n) is 15.2. The number of unbranched alkanes of at least 4 members (excludes halogenated alkanes) is 1. The summed E-state index contributed by atoms with van der Waals surface area (Å²) in [5.41, 5.74) is -0.0715. The van der Waals surface area contributed by atoms with Crippen LogP contribution in [0.5, 0.6) is 0 Å². The summed E-state index contributed by atoms with van der Waals surface area (Å²) in [6, 6.07) is 0. The van der Waals surface area contributed by atoms with Gasteiger partial charge in [-0.15, -0.1) is 0 Å². The first-order valence-corrected chi connectivity index (χ1v) is 8.85. The molecule has 1 heterocycles. The van der Waals surface area contributed by atoms with Gasteiger partial charge in [-0.3, -0.25) is 0 Å². The molecule has 1 saturated heterocycles. The molecule has 22 heavy (non-hydrogen) atoms. The van der Waals surface area contributed by atoms with Crippen molar-refractivity contribution in [2.75, 3.05) is 6.61 Å². The Morgan fingerprint density at radius 1 is 1.09 bits per heavy atom. The Morgan fingerprint density at radius 3 is 2.14 bits per heavy atom. The fourth-order valence-corrected chi connectivity index (χ4v) is 3.05. The lowest BCUT2D eigenvalue weighted by molar-refractivity contribution is -0.157. The van der Waals surface area contributed by atoms with Crippen LogP contribution in [0.15, 0.2) is 0 Å². The third kappa shape index (κ3) is 4.95. The standard InChI is InChI=1S/C18H34O4/c1-7-10-12-14(9-3)13-20-16(19)18(21-22-18)15(11-8-2)17(4,5)6/h14-15H,7-13H2,1-6H3. The fraction of sp³-hybridized carbons (Fsp3) is 0.944. The van der Waals surface area contributed by atoms with Gasteiger partial charge < -0.3 is 4.74 Å². The normalized spacial score (nSPS) is 19.5. The highest BCUT2D eigenvalue weighted by molar-refractivity contribution is 5.79. The number of esters is 1. The maximum absolute atomic E-state index is 12.5. The molecular weight excluding hydrogens is 280 g/mol. The minimum atomic E-state index is -1.17. The minimum absolute atomic E-state index is 0.00761. The molecule has 0 aliphatic carbocycles. The van der Waals surface area contributed by atoms with E-state index in [9.17, 15) is 4.79 Å². The van der Waals surface area contributed by atoms with Crippen LogP contribution in [0.4, 0.5) is 0 Å². The summed E-state index contributed by atoms with van der Waals surface area (Å²) in [6.45, 7) is 13.2. The average Bonchev–Trinajstić information content (AvgIpc) is 3.25. The fourth-order valence-electron chi connectivity index (χ4n) is 3.05. The Morgan fingerprint density at radius 2 is 1.73 bits per heavy atom. The van der Waals surface area contributed by atoms with Crippen LogP contribution in [-0.4, -0.2) is 18.4 Å². The smallest absolute Gasteiger partial charge is 0.373 e. The van der Waals surface area contributed by atoms with Crippen LogP contribution in [-0.2, 0) is 19.3 Å². The highest BCUT2D eigenvalue weighted by atomic mass is 17.4. The van der Waals surface area contributed by atoms with E-state index >= 15 is 0 Å². The quantitative estimate of drug-likeness (QED) is 0.328. The van der Waals surface area contributed by atoms with Gasteiger partial charge in [0.2, 0.25) is 0 Å². The number of rotatable bonds is 10. The molecule has 2 atom stereocenters. The van der Waals surface area contributed by atoms with Gasteiger partial charge in [-0.25, -0.2) is 4.79 Å². The van der Waals surface area contributed by atoms with E-state index in [1.165, 1.54) is 12.8 Å². The van der Waals surface area contributed by atoms with E-state index in [4.69, 9.17) is 14.5 Å². The Hall–Kier alpha value is -0.610. The molecule has 0 saturated carbocycles. The van der Waals surface area contributed by atoms with Crippen molar-refractivity contribution in [2.45, 2.75) is 85.9 Å². The zero-order valence-corrected chi connectivity index (χ0v) is 15.2. The molecule has 130 valence electrons. The summed E-state index contributed by atoms with van der Waals surface area (Å²) in [4.78, 5) is 22.9. The molecule has 1 rings (SSSR count). The van der Waals surface area contributed by atoms with E-state index in [0.717, 1.165) is 25.7 Å². The van der Waals surface area contributed by atoms with Crippen LogP contribution < -0.4 is 0 Å². The van der Waals surface area contributed by atoms with Crippen LogP contribution in [0, 0.1) is 17.3 Å². The average molecular weight is 314 g/mol. The highest BCUT2D eigenvalue weighted by Crippen LogP contribution is 2.49. The molecule has 1 aliphatic heterocycles. The summed E-state index contributed by atoms with van der Waals surface area (Å²) >= 11 is 0. The predicted molar refractivity (Wildman–Crippen MR) is 87.0 cm³/mol. The van der Waals surface area contributed by atoms with Crippen molar-refractivity contribution >= 4 is 5.97 Å². The molecule has 0 spiro atoms. The molecular formula is C18H34O4. The van der Waals surface area contributed by atoms with E-state index in [-0.39, 0.29) is 17.3 Å². The van der Waals surface area contributed by atoms with Crippen LogP contribution in [0.3, 0.4) is 0 Å². The van der Waals surface area contributed by atoms with Gasteiger partial charge in [-0.2, -0.15) is 9.78 Å². The molecule has 0 aromatic rings. The Labute approximate surface area is 135 Å². The van der Waals surface area contributed by atoms with Gasteiger partial charge in [0, 0.05) is 5.92 Å². The van der Waals surface area contributed by atoms with Crippen molar-refractivity contribution in [3.63, 3.8) is 0 Å². The van der Waals surface area contributed by atoms with E-state index < -0.39 is 5.79 Å². The molecule has 1 aliphatic rings. The molecule has 2 unspecified atom stereocenters. The topological polar surface area (TPSA) is 51.4 Å². The summed E-state index contributed by atoms with van der Waals surface area (Å²) in [5.74, 6) is -1.08. The second-order valence-corrected chi connectivity index (χ2v) is 7.56. The molecule has 4 heteroatoms. The zero-order chi connectivity index (χ0) is 16.8. The molecule has 1 fully saturated rings. The van der Waals surface area contributed by atoms with Crippen LogP contribution >= 0.6 is 0 Å². The maximum Gasteiger partial charge on any atom is 0.373 e. The summed E-state index contributed by atoms with van der Waals surface area (Å²) < 4.78 is 5.55. The van der Waals surface area contributed by atoms with Crippen molar-refractivity contribution in [2.24, 2.45) is 17.3 Å². The van der Waals surface area contributed by atoms with Gasteiger partial charge in [0.1, 0.15) is 0 Å². The first kappa shape index (κ1) is 19.4.